The van der Waals surface area contributed by atoms with Gasteiger partial charge in [0.1, 0.15) is 0 Å². The predicted octanol–water partition coefficient (Wildman–Crippen LogP) is 2.36. The monoisotopic (exact) mass is 142 g/mol. The number of allylic oxidation sites excluding steroid dienone is 1. The van der Waals surface area contributed by atoms with Crippen molar-refractivity contribution in [1.29, 1.82) is 0 Å². The molecule has 1 nitrogen and oxygen atoms in total. The molecule has 0 heterocycles. The lowest BCUT2D eigenvalue weighted by Gasteiger charge is -2.12. The maximum absolute atomic E-state index is 9.13. The first-order chi connectivity index (χ1) is 4.45. The van der Waals surface area contributed by atoms with Gasteiger partial charge in [-0.2, -0.15) is 0 Å². The van der Waals surface area contributed by atoms with Crippen LogP contribution in [0.4, 0.5) is 0 Å². The van der Waals surface area contributed by atoms with Crippen LogP contribution in [0.2, 0.25) is 0 Å². The number of hydrogen-bond acceptors (Lipinski definition) is 1. The molecule has 0 aromatic heterocycles. The molecule has 0 aliphatic rings. The van der Waals surface area contributed by atoms with Gasteiger partial charge in [-0.3, -0.25) is 0 Å². The van der Waals surface area contributed by atoms with Crippen LogP contribution in [0, 0.1) is 5.41 Å². The van der Waals surface area contributed by atoms with E-state index in [1.165, 1.54) is 0 Å². The van der Waals surface area contributed by atoms with Crippen LogP contribution in [0.5, 0.6) is 0 Å². The van der Waals surface area contributed by atoms with Gasteiger partial charge in [-0.1, -0.05) is 39.8 Å². The molecule has 0 amide bonds. The predicted molar refractivity (Wildman–Crippen MR) is 44.9 cm³/mol. The van der Waals surface area contributed by atoms with E-state index in [1.54, 1.807) is 0 Å². The maximum atomic E-state index is 9.13. The van der Waals surface area contributed by atoms with Crippen molar-refractivity contribution in [2.75, 3.05) is 0 Å². The lowest BCUT2D eigenvalue weighted by Crippen LogP contribution is -2.04. The first-order valence-electron chi connectivity index (χ1n) is 3.83. The highest BCUT2D eigenvalue weighted by atomic mass is 16.3. The third kappa shape index (κ3) is 5.83. The van der Waals surface area contributed by atoms with Crippen LogP contribution in [0.25, 0.3) is 0 Å². The minimum atomic E-state index is -0.265. The number of aliphatic hydroxyl groups is 1. The minimum absolute atomic E-state index is 0.191. The smallest absolute Gasteiger partial charge is 0.0718 e. The lowest BCUT2D eigenvalue weighted by atomic mass is 9.95. The van der Waals surface area contributed by atoms with Gasteiger partial charge >= 0.3 is 0 Å². The minimum Gasteiger partial charge on any atom is -0.389 e. The number of aliphatic hydroxyl groups excluding tert-OH is 1. The van der Waals surface area contributed by atoms with Crippen LogP contribution in [0.1, 0.15) is 34.1 Å². The van der Waals surface area contributed by atoms with Crippen molar-refractivity contribution < 1.29 is 5.11 Å². The van der Waals surface area contributed by atoms with E-state index in [0.717, 1.165) is 6.42 Å². The molecule has 0 aliphatic heterocycles. The normalized spacial score (nSPS) is 16.1. The summed E-state index contributed by atoms with van der Waals surface area (Å²) in [5, 5.41) is 9.13. The number of hydrogen-bond donors (Lipinski definition) is 1. The van der Waals surface area contributed by atoms with Gasteiger partial charge in [0, 0.05) is 0 Å². The molecule has 0 aromatic rings. The zero-order chi connectivity index (χ0) is 8.20. The van der Waals surface area contributed by atoms with Crippen molar-refractivity contribution in [2.45, 2.75) is 40.2 Å². The van der Waals surface area contributed by atoms with Gasteiger partial charge in [-0.15, -0.1) is 0 Å². The topological polar surface area (TPSA) is 20.2 Å². The van der Waals surface area contributed by atoms with Crippen molar-refractivity contribution in [3.8, 4) is 0 Å². The molecule has 0 fully saturated rings. The van der Waals surface area contributed by atoms with Crippen LogP contribution in [-0.2, 0) is 0 Å². The van der Waals surface area contributed by atoms with E-state index >= 15 is 0 Å². The van der Waals surface area contributed by atoms with E-state index < -0.39 is 0 Å². The Bertz CT molecular complexity index is 108. The van der Waals surface area contributed by atoms with Crippen molar-refractivity contribution >= 4 is 0 Å². The SMILES string of the molecule is CC[C@H](O)/C=C/C(C)(C)C. The molecule has 1 N–H and O–H groups in total. The molecule has 1 atom stereocenters. The molecule has 0 bridgehead atoms. The summed E-state index contributed by atoms with van der Waals surface area (Å²) in [7, 11) is 0. The Morgan fingerprint density at radius 3 is 2.20 bits per heavy atom. The molecule has 1 heteroatoms. The quantitative estimate of drug-likeness (QED) is 0.587. The average Bonchev–Trinajstić information content (AvgIpc) is 1.81. The van der Waals surface area contributed by atoms with Gasteiger partial charge in [0.2, 0.25) is 0 Å². The summed E-state index contributed by atoms with van der Waals surface area (Å²) in [6.45, 7) is 8.32. The van der Waals surface area contributed by atoms with Crippen LogP contribution in [0.3, 0.4) is 0 Å². The molecular weight excluding hydrogens is 124 g/mol. The summed E-state index contributed by atoms with van der Waals surface area (Å²) in [5.74, 6) is 0. The zero-order valence-electron chi connectivity index (χ0n) is 7.39. The molecule has 0 rings (SSSR count). The Balaban J connectivity index is 3.75. The van der Waals surface area contributed by atoms with Crippen LogP contribution < -0.4 is 0 Å². The molecule has 0 saturated heterocycles. The Morgan fingerprint density at radius 2 is 1.90 bits per heavy atom. The van der Waals surface area contributed by atoms with Crippen molar-refractivity contribution in [3.63, 3.8) is 0 Å². The van der Waals surface area contributed by atoms with E-state index in [-0.39, 0.29) is 11.5 Å². The molecule has 0 aromatic carbocycles. The van der Waals surface area contributed by atoms with Crippen molar-refractivity contribution in [3.05, 3.63) is 12.2 Å². The molecule has 0 unspecified atom stereocenters. The highest BCUT2D eigenvalue weighted by Gasteiger charge is 2.04. The fraction of sp³-hybridized carbons (Fsp3) is 0.778. The molecule has 0 spiro atoms. The number of rotatable bonds is 2. The molecule has 0 aliphatic carbocycles. The third-order valence-electron chi connectivity index (χ3n) is 1.24. The molecule has 60 valence electrons. The van der Waals surface area contributed by atoms with E-state index in [2.05, 4.69) is 20.8 Å². The zero-order valence-corrected chi connectivity index (χ0v) is 7.39. The first-order valence-corrected chi connectivity index (χ1v) is 3.83. The van der Waals surface area contributed by atoms with Gasteiger partial charge in [-0.05, 0) is 11.8 Å². The molecule has 10 heavy (non-hydrogen) atoms. The summed E-state index contributed by atoms with van der Waals surface area (Å²) in [6, 6.07) is 0. The van der Waals surface area contributed by atoms with E-state index in [1.807, 2.05) is 19.1 Å². The Morgan fingerprint density at radius 1 is 1.40 bits per heavy atom. The van der Waals surface area contributed by atoms with Gasteiger partial charge in [0.05, 0.1) is 6.10 Å². The Kier molecular flexibility index (Phi) is 3.66. The van der Waals surface area contributed by atoms with Gasteiger partial charge in [0.15, 0.2) is 0 Å². The second-order valence-electron chi connectivity index (χ2n) is 3.70. The summed E-state index contributed by atoms with van der Waals surface area (Å²) < 4.78 is 0. The Hall–Kier alpha value is -0.300. The largest absolute Gasteiger partial charge is 0.389 e. The summed E-state index contributed by atoms with van der Waals surface area (Å²) in [5.41, 5.74) is 0.191. The standard InChI is InChI=1S/C9H18O/c1-5-8(10)6-7-9(2,3)4/h6-8,10H,5H2,1-4H3/b7-6+/t8-/m0/s1. The highest BCUT2D eigenvalue weighted by molar-refractivity contribution is 4.95. The third-order valence-corrected chi connectivity index (χ3v) is 1.24. The van der Waals surface area contributed by atoms with Crippen molar-refractivity contribution in [2.24, 2.45) is 5.41 Å². The van der Waals surface area contributed by atoms with Crippen LogP contribution in [0.15, 0.2) is 12.2 Å². The van der Waals surface area contributed by atoms with E-state index in [4.69, 9.17) is 5.11 Å². The Labute approximate surface area is 63.8 Å². The fourth-order valence-electron chi connectivity index (χ4n) is 0.536. The highest BCUT2D eigenvalue weighted by Crippen LogP contribution is 2.14. The summed E-state index contributed by atoms with van der Waals surface area (Å²) >= 11 is 0. The van der Waals surface area contributed by atoms with Crippen LogP contribution in [-0.4, -0.2) is 11.2 Å². The fourth-order valence-corrected chi connectivity index (χ4v) is 0.536. The average molecular weight is 142 g/mol. The maximum Gasteiger partial charge on any atom is 0.0718 e. The first kappa shape index (κ1) is 9.70. The van der Waals surface area contributed by atoms with Crippen LogP contribution >= 0.6 is 0 Å². The van der Waals surface area contributed by atoms with Gasteiger partial charge < -0.3 is 5.11 Å². The van der Waals surface area contributed by atoms with Gasteiger partial charge in [0.25, 0.3) is 0 Å². The molecule has 0 saturated carbocycles. The van der Waals surface area contributed by atoms with Gasteiger partial charge in [-0.25, -0.2) is 0 Å². The second-order valence-corrected chi connectivity index (χ2v) is 3.70. The van der Waals surface area contributed by atoms with E-state index in [0.29, 0.717) is 0 Å². The summed E-state index contributed by atoms with van der Waals surface area (Å²) in [6.07, 6.45) is 4.44. The van der Waals surface area contributed by atoms with Crippen molar-refractivity contribution in [1.82, 2.24) is 0 Å². The molecule has 0 radical (unpaired) electrons. The lowest BCUT2D eigenvalue weighted by molar-refractivity contribution is 0.217. The van der Waals surface area contributed by atoms with E-state index in [9.17, 15) is 0 Å². The summed E-state index contributed by atoms with van der Waals surface area (Å²) in [4.78, 5) is 0. The molecular formula is C9H18O. The second kappa shape index (κ2) is 3.77.